The van der Waals surface area contributed by atoms with Gasteiger partial charge in [-0.15, -0.1) is 0 Å². The van der Waals surface area contributed by atoms with Crippen LogP contribution in [0.2, 0.25) is 0 Å². The van der Waals surface area contributed by atoms with Gasteiger partial charge in [0.2, 0.25) is 5.69 Å². The summed E-state index contributed by atoms with van der Waals surface area (Å²) in [7, 11) is 2.08. The summed E-state index contributed by atoms with van der Waals surface area (Å²) in [5.74, 6) is 0. The Morgan fingerprint density at radius 1 is 0.741 bits per heavy atom. The van der Waals surface area contributed by atoms with Gasteiger partial charge in [-0.1, -0.05) is 42.5 Å². The van der Waals surface area contributed by atoms with Gasteiger partial charge < -0.3 is 4.42 Å². The van der Waals surface area contributed by atoms with Crippen molar-refractivity contribution in [2.75, 3.05) is 0 Å². The molecule has 130 valence electrons. The fourth-order valence-corrected chi connectivity index (χ4v) is 3.94. The Morgan fingerprint density at radius 3 is 2.41 bits per heavy atom. The molecule has 2 heterocycles. The van der Waals surface area contributed by atoms with Crippen LogP contribution in [-0.4, -0.2) is 0 Å². The van der Waals surface area contributed by atoms with Crippen molar-refractivity contribution < 1.29 is 8.98 Å². The average Bonchev–Trinajstić information content (AvgIpc) is 3.07. The van der Waals surface area contributed by atoms with E-state index in [9.17, 15) is 0 Å². The van der Waals surface area contributed by atoms with Crippen LogP contribution in [0.4, 0.5) is 0 Å². The van der Waals surface area contributed by atoms with Gasteiger partial charge in [-0.25, -0.2) is 4.57 Å². The van der Waals surface area contributed by atoms with Gasteiger partial charge in [-0.3, -0.25) is 0 Å². The van der Waals surface area contributed by atoms with E-state index >= 15 is 0 Å². The van der Waals surface area contributed by atoms with E-state index in [2.05, 4.69) is 85.4 Å². The standard InChI is InChI=1S/C25H20NO/c1-17-16-18(13-14-19(17)22-10-5-6-15-26(22)2)20-9-7-12-24-25(20)21-8-3-4-11-23(21)27-24/h3-16H,1-2H3/q+1. The average molecular weight is 350 g/mol. The molecule has 0 atom stereocenters. The molecule has 0 unspecified atom stereocenters. The fourth-order valence-electron chi connectivity index (χ4n) is 3.94. The lowest BCUT2D eigenvalue weighted by Gasteiger charge is -2.09. The minimum Gasteiger partial charge on any atom is -0.456 e. The zero-order valence-electron chi connectivity index (χ0n) is 15.4. The van der Waals surface area contributed by atoms with Gasteiger partial charge >= 0.3 is 0 Å². The third-order valence-electron chi connectivity index (χ3n) is 5.27. The molecule has 2 nitrogen and oxygen atoms in total. The Balaban J connectivity index is 1.72. The van der Waals surface area contributed by atoms with Crippen molar-refractivity contribution in [3.05, 3.63) is 90.6 Å². The molecule has 0 spiro atoms. The van der Waals surface area contributed by atoms with Gasteiger partial charge in [0, 0.05) is 28.5 Å². The second-order valence-electron chi connectivity index (χ2n) is 7.00. The SMILES string of the molecule is Cc1cc(-c2cccc3oc4ccccc4c23)ccc1-c1cccc[n+]1C. The number of fused-ring (bicyclic) bond motifs is 3. The number of aryl methyl sites for hydroxylation is 2. The van der Waals surface area contributed by atoms with Crippen molar-refractivity contribution in [1.82, 2.24) is 0 Å². The molecule has 5 aromatic rings. The number of aromatic nitrogens is 1. The number of rotatable bonds is 2. The van der Waals surface area contributed by atoms with E-state index in [1.807, 2.05) is 18.2 Å². The first-order valence-corrected chi connectivity index (χ1v) is 9.19. The summed E-state index contributed by atoms with van der Waals surface area (Å²) < 4.78 is 8.21. The summed E-state index contributed by atoms with van der Waals surface area (Å²) >= 11 is 0. The zero-order chi connectivity index (χ0) is 18.4. The summed E-state index contributed by atoms with van der Waals surface area (Å²) in [6, 6.07) is 27.6. The summed E-state index contributed by atoms with van der Waals surface area (Å²) in [4.78, 5) is 0. The maximum atomic E-state index is 6.05. The Labute approximate surface area is 158 Å². The van der Waals surface area contributed by atoms with Gasteiger partial charge in [0.1, 0.15) is 18.2 Å². The number of furan rings is 1. The molecule has 2 heteroatoms. The van der Waals surface area contributed by atoms with Crippen LogP contribution in [0.25, 0.3) is 44.3 Å². The predicted molar refractivity (Wildman–Crippen MR) is 111 cm³/mol. The van der Waals surface area contributed by atoms with Crippen LogP contribution in [0.15, 0.2) is 89.5 Å². The Morgan fingerprint density at radius 2 is 1.56 bits per heavy atom. The molecule has 0 radical (unpaired) electrons. The molecule has 0 aliphatic heterocycles. The van der Waals surface area contributed by atoms with Crippen LogP contribution in [0.1, 0.15) is 5.56 Å². The van der Waals surface area contributed by atoms with E-state index in [1.54, 1.807) is 0 Å². The van der Waals surface area contributed by atoms with Gasteiger partial charge in [-0.2, -0.15) is 0 Å². The van der Waals surface area contributed by atoms with Crippen molar-refractivity contribution in [2.45, 2.75) is 6.92 Å². The van der Waals surface area contributed by atoms with Gasteiger partial charge in [-0.05, 0) is 47.9 Å². The highest BCUT2D eigenvalue weighted by molar-refractivity contribution is 6.12. The van der Waals surface area contributed by atoms with E-state index in [1.165, 1.54) is 38.7 Å². The fraction of sp³-hybridized carbons (Fsp3) is 0.0800. The molecular weight excluding hydrogens is 330 g/mol. The molecule has 27 heavy (non-hydrogen) atoms. The van der Waals surface area contributed by atoms with Crippen molar-refractivity contribution in [1.29, 1.82) is 0 Å². The summed E-state index contributed by atoms with van der Waals surface area (Å²) in [6.45, 7) is 2.18. The number of para-hydroxylation sites is 1. The molecule has 3 aromatic carbocycles. The molecule has 0 amide bonds. The topological polar surface area (TPSA) is 17.0 Å². The van der Waals surface area contributed by atoms with E-state index in [0.29, 0.717) is 0 Å². The minimum atomic E-state index is 0.935. The lowest BCUT2D eigenvalue weighted by Crippen LogP contribution is -2.30. The quantitative estimate of drug-likeness (QED) is 0.354. The van der Waals surface area contributed by atoms with Crippen LogP contribution >= 0.6 is 0 Å². The summed E-state index contributed by atoms with van der Waals surface area (Å²) in [5, 5.41) is 2.35. The zero-order valence-corrected chi connectivity index (χ0v) is 15.4. The maximum absolute atomic E-state index is 6.05. The third-order valence-corrected chi connectivity index (χ3v) is 5.27. The molecule has 0 aliphatic carbocycles. The molecule has 2 aromatic heterocycles. The van der Waals surface area contributed by atoms with E-state index in [4.69, 9.17) is 4.42 Å². The largest absolute Gasteiger partial charge is 0.456 e. The Hall–Kier alpha value is -3.39. The van der Waals surface area contributed by atoms with E-state index < -0.39 is 0 Å². The highest BCUT2D eigenvalue weighted by Crippen LogP contribution is 2.37. The third kappa shape index (κ3) is 2.53. The first kappa shape index (κ1) is 15.8. The number of nitrogens with zero attached hydrogens (tertiary/aromatic N) is 1. The molecular formula is C25H20NO+. The molecule has 0 aliphatic rings. The van der Waals surface area contributed by atoms with Crippen LogP contribution in [0.3, 0.4) is 0 Å². The van der Waals surface area contributed by atoms with Gasteiger partial charge in [0.25, 0.3) is 0 Å². The first-order valence-electron chi connectivity index (χ1n) is 9.19. The van der Waals surface area contributed by atoms with E-state index in [-0.39, 0.29) is 0 Å². The number of benzene rings is 3. The number of pyridine rings is 1. The molecule has 0 bridgehead atoms. The van der Waals surface area contributed by atoms with Crippen molar-refractivity contribution in [3.8, 4) is 22.4 Å². The van der Waals surface area contributed by atoms with Crippen molar-refractivity contribution in [3.63, 3.8) is 0 Å². The van der Waals surface area contributed by atoms with Crippen LogP contribution in [0.5, 0.6) is 0 Å². The highest BCUT2D eigenvalue weighted by Gasteiger charge is 2.15. The number of hydrogen-bond acceptors (Lipinski definition) is 1. The second kappa shape index (κ2) is 6.10. The second-order valence-corrected chi connectivity index (χ2v) is 7.00. The van der Waals surface area contributed by atoms with E-state index in [0.717, 1.165) is 11.2 Å². The van der Waals surface area contributed by atoms with Crippen LogP contribution in [-0.2, 0) is 7.05 Å². The maximum Gasteiger partial charge on any atom is 0.212 e. The summed E-state index contributed by atoms with van der Waals surface area (Å²) in [6.07, 6.45) is 2.08. The van der Waals surface area contributed by atoms with Crippen molar-refractivity contribution in [2.24, 2.45) is 7.05 Å². The molecule has 5 rings (SSSR count). The highest BCUT2D eigenvalue weighted by atomic mass is 16.3. The lowest BCUT2D eigenvalue weighted by atomic mass is 9.95. The Bertz CT molecular complexity index is 1300. The smallest absolute Gasteiger partial charge is 0.212 e. The first-order chi connectivity index (χ1) is 13.2. The normalized spacial score (nSPS) is 11.3. The Kier molecular flexibility index (Phi) is 3.58. The van der Waals surface area contributed by atoms with Crippen LogP contribution < -0.4 is 4.57 Å². The lowest BCUT2D eigenvalue weighted by molar-refractivity contribution is -0.660. The monoisotopic (exact) mass is 350 g/mol. The van der Waals surface area contributed by atoms with Crippen LogP contribution in [0, 0.1) is 6.92 Å². The minimum absolute atomic E-state index is 0.935. The molecule has 0 saturated heterocycles. The summed E-state index contributed by atoms with van der Waals surface area (Å²) in [5.41, 5.74) is 8.03. The van der Waals surface area contributed by atoms with Gasteiger partial charge in [0.15, 0.2) is 6.20 Å². The molecule has 0 fully saturated rings. The molecule has 0 N–H and O–H groups in total. The van der Waals surface area contributed by atoms with Crippen molar-refractivity contribution >= 4 is 21.9 Å². The molecule has 0 saturated carbocycles. The van der Waals surface area contributed by atoms with Gasteiger partial charge in [0.05, 0.1) is 0 Å². The predicted octanol–water partition coefficient (Wildman–Crippen LogP) is 6.05. The number of hydrogen-bond donors (Lipinski definition) is 0.